The highest BCUT2D eigenvalue weighted by Crippen LogP contribution is 2.40. The molecule has 0 radical (unpaired) electrons. The van der Waals surface area contributed by atoms with Crippen molar-refractivity contribution in [3.05, 3.63) is 12.2 Å². The molecule has 41 heavy (non-hydrogen) atoms. The molecule has 0 saturated carbocycles. The lowest BCUT2D eigenvalue weighted by Gasteiger charge is -2.30. The Bertz CT molecular complexity index is 677. The van der Waals surface area contributed by atoms with Crippen LogP contribution in [0.2, 0.25) is 0 Å². The molecule has 0 aliphatic carbocycles. The summed E-state index contributed by atoms with van der Waals surface area (Å²) in [6.45, 7) is 4.75. The number of nitrogens with zero attached hydrogens (tertiary/aromatic N) is 1. The molecule has 0 saturated heterocycles. The molecule has 0 bridgehead atoms. The second-order valence-corrected chi connectivity index (χ2v) is 13.0. The van der Waals surface area contributed by atoms with E-state index >= 15 is 0 Å². The molecule has 3 atom stereocenters. The molecule has 0 aromatic heterocycles. The number of phosphoric acid groups is 1. The van der Waals surface area contributed by atoms with Gasteiger partial charge in [-0.1, -0.05) is 135 Å². The lowest BCUT2D eigenvalue weighted by atomic mass is 10.0. The van der Waals surface area contributed by atoms with E-state index in [-0.39, 0.29) is 18.9 Å². The van der Waals surface area contributed by atoms with Gasteiger partial charge in [-0.15, -0.1) is 0 Å². The number of unbranched alkanes of at least 4 members (excludes halogenated alkanes) is 18. The fraction of sp³-hybridized carbons (Fsp3) is 0.906. The van der Waals surface area contributed by atoms with E-state index in [1.54, 1.807) is 19.0 Å². The summed E-state index contributed by atoms with van der Waals surface area (Å²) in [4.78, 5) is 26.7. The van der Waals surface area contributed by atoms with Crippen LogP contribution < -0.4 is 10.2 Å². The second kappa shape index (κ2) is 28.0. The van der Waals surface area contributed by atoms with Gasteiger partial charge in [0.15, 0.2) is 6.23 Å². The van der Waals surface area contributed by atoms with Gasteiger partial charge in [0, 0.05) is 13.0 Å². The average molecular weight is 604 g/mol. The highest BCUT2D eigenvalue weighted by Gasteiger charge is 2.25. The number of carbonyl (C=O) groups excluding carboxylic acids is 1. The molecule has 1 amide bonds. The van der Waals surface area contributed by atoms with Crippen LogP contribution in [0.3, 0.4) is 0 Å². The molecule has 0 spiro atoms. The summed E-state index contributed by atoms with van der Waals surface area (Å²) in [5.74, 6) is -0.342. The molecule has 0 aromatic carbocycles. The minimum atomic E-state index is -4.72. The van der Waals surface area contributed by atoms with Gasteiger partial charge >= 0.3 is 0 Å². The number of nitrogens with one attached hydrogen (secondary N) is 1. The molecule has 3 unspecified atom stereocenters. The van der Waals surface area contributed by atoms with Crippen molar-refractivity contribution < 1.29 is 28.4 Å². The van der Waals surface area contributed by atoms with Gasteiger partial charge in [-0.05, 0) is 33.4 Å². The quantitative estimate of drug-likeness (QED) is 0.0376. The van der Waals surface area contributed by atoms with Gasteiger partial charge in [0.05, 0.1) is 6.61 Å². The fourth-order valence-corrected chi connectivity index (χ4v) is 5.41. The molecule has 0 heterocycles. The molecule has 2 N–H and O–H groups in total. The first-order chi connectivity index (χ1) is 19.7. The van der Waals surface area contributed by atoms with Gasteiger partial charge in [0.1, 0.15) is 6.10 Å². The first kappa shape index (κ1) is 40.2. The maximum atomic E-state index is 12.5. The summed E-state index contributed by atoms with van der Waals surface area (Å²) in [6, 6.07) is 0. The van der Waals surface area contributed by atoms with Crippen LogP contribution in [0.25, 0.3) is 0 Å². The van der Waals surface area contributed by atoms with Gasteiger partial charge in [0.2, 0.25) is 5.91 Å². The monoisotopic (exact) mass is 603 g/mol. The SMILES string of the molecule is CCCCCCCCCCCCCC/C=C\C(O)C(NC(=O)CCCCCCCCC)OP(=O)([O-])OCCN(C)C. The van der Waals surface area contributed by atoms with E-state index in [0.29, 0.717) is 13.0 Å². The maximum absolute atomic E-state index is 12.5. The van der Waals surface area contributed by atoms with E-state index in [9.17, 15) is 19.4 Å². The summed E-state index contributed by atoms with van der Waals surface area (Å²) in [7, 11) is -1.11. The maximum Gasteiger partial charge on any atom is 0.269 e. The molecule has 8 nitrogen and oxygen atoms in total. The number of aliphatic hydroxyl groups excluding tert-OH is 1. The van der Waals surface area contributed by atoms with Crippen LogP contribution in [0.4, 0.5) is 0 Å². The van der Waals surface area contributed by atoms with Gasteiger partial charge in [-0.25, -0.2) is 0 Å². The zero-order valence-corrected chi connectivity index (χ0v) is 27.9. The molecule has 9 heteroatoms. The van der Waals surface area contributed by atoms with Crippen molar-refractivity contribution in [1.82, 2.24) is 10.2 Å². The highest BCUT2D eigenvalue weighted by atomic mass is 31.2. The number of allylic oxidation sites excluding steroid dienone is 1. The van der Waals surface area contributed by atoms with Gasteiger partial charge < -0.3 is 24.7 Å². The van der Waals surface area contributed by atoms with E-state index in [2.05, 4.69) is 19.2 Å². The van der Waals surface area contributed by atoms with Crippen molar-refractivity contribution in [2.45, 2.75) is 161 Å². The summed E-state index contributed by atoms with van der Waals surface area (Å²) < 4.78 is 22.4. The van der Waals surface area contributed by atoms with Gasteiger partial charge in [-0.3, -0.25) is 13.9 Å². The number of likely N-dealkylation sites (N-methyl/N-ethyl adjacent to an activating group) is 1. The van der Waals surface area contributed by atoms with Crippen LogP contribution >= 0.6 is 7.82 Å². The highest BCUT2D eigenvalue weighted by molar-refractivity contribution is 7.45. The molecular formula is C32H64N2O6P-. The molecule has 0 aliphatic heterocycles. The molecule has 0 aliphatic rings. The van der Waals surface area contributed by atoms with E-state index in [1.165, 1.54) is 89.5 Å². The Morgan fingerprint density at radius 2 is 1.29 bits per heavy atom. The van der Waals surface area contributed by atoms with E-state index < -0.39 is 20.2 Å². The summed E-state index contributed by atoms with van der Waals surface area (Å²) >= 11 is 0. The second-order valence-electron chi connectivity index (χ2n) is 11.6. The Morgan fingerprint density at radius 3 is 1.78 bits per heavy atom. The first-order valence-electron chi connectivity index (χ1n) is 16.6. The lowest BCUT2D eigenvalue weighted by Crippen LogP contribution is -2.44. The zero-order chi connectivity index (χ0) is 30.6. The van der Waals surface area contributed by atoms with Crippen molar-refractivity contribution >= 4 is 13.7 Å². The predicted molar refractivity (Wildman–Crippen MR) is 169 cm³/mol. The topological polar surface area (TPSA) is 111 Å². The molecule has 0 rings (SSSR count). The molecule has 0 fully saturated rings. The number of aliphatic hydroxyl groups is 1. The first-order valence-corrected chi connectivity index (χ1v) is 18.1. The Hall–Kier alpha value is -0.760. The molecular weight excluding hydrogens is 539 g/mol. The van der Waals surface area contributed by atoms with Crippen molar-refractivity contribution in [2.24, 2.45) is 0 Å². The Balaban J connectivity index is 4.48. The Labute approximate surface area is 252 Å². The summed E-state index contributed by atoms with van der Waals surface area (Å²) in [5, 5.41) is 13.2. The minimum absolute atomic E-state index is 0.0721. The fourth-order valence-electron chi connectivity index (χ4n) is 4.59. The number of amides is 1. The van der Waals surface area contributed by atoms with Crippen molar-refractivity contribution in [3.8, 4) is 0 Å². The standard InChI is InChI=1S/C32H65N2O6P/c1-5-7-9-11-13-14-15-16-17-18-19-21-22-24-26-30(35)32(40-41(37,38)39-29-28-34(3)4)33-31(36)27-25-23-20-12-10-8-6-2/h24,26,30,32,35H,5-23,25,27-29H2,1-4H3,(H,33,36)(H,37,38)/p-1/b26-24-. The largest absolute Gasteiger partial charge is 0.756 e. The number of phosphoric ester groups is 1. The van der Waals surface area contributed by atoms with Crippen molar-refractivity contribution in [3.63, 3.8) is 0 Å². The normalized spacial score (nSPS) is 14.9. The van der Waals surface area contributed by atoms with E-state index in [0.717, 1.165) is 38.5 Å². The van der Waals surface area contributed by atoms with Crippen LogP contribution in [0.15, 0.2) is 12.2 Å². The van der Waals surface area contributed by atoms with E-state index in [1.807, 2.05) is 6.08 Å². The van der Waals surface area contributed by atoms with Crippen LogP contribution in [0.5, 0.6) is 0 Å². The van der Waals surface area contributed by atoms with Crippen molar-refractivity contribution in [2.75, 3.05) is 27.2 Å². The number of hydrogen-bond donors (Lipinski definition) is 2. The Morgan fingerprint density at radius 1 is 0.829 bits per heavy atom. The summed E-state index contributed by atoms with van der Waals surface area (Å²) in [6.07, 6.45) is 24.5. The third-order valence-corrected chi connectivity index (χ3v) is 8.19. The van der Waals surface area contributed by atoms with Gasteiger partial charge in [-0.2, -0.15) is 0 Å². The molecule has 244 valence electrons. The third kappa shape index (κ3) is 27.8. The van der Waals surface area contributed by atoms with E-state index in [4.69, 9.17) is 9.05 Å². The predicted octanol–water partition coefficient (Wildman–Crippen LogP) is 7.64. The van der Waals surface area contributed by atoms with Crippen molar-refractivity contribution in [1.29, 1.82) is 0 Å². The van der Waals surface area contributed by atoms with Crippen LogP contribution in [-0.4, -0.2) is 55.5 Å². The van der Waals surface area contributed by atoms with Crippen LogP contribution in [0, 0.1) is 0 Å². The number of hydrogen-bond acceptors (Lipinski definition) is 7. The van der Waals surface area contributed by atoms with Crippen LogP contribution in [-0.2, 0) is 18.4 Å². The smallest absolute Gasteiger partial charge is 0.269 e. The van der Waals surface area contributed by atoms with Crippen LogP contribution in [0.1, 0.15) is 149 Å². The minimum Gasteiger partial charge on any atom is -0.756 e. The number of carbonyl (C=O) groups is 1. The van der Waals surface area contributed by atoms with Gasteiger partial charge in [0.25, 0.3) is 7.82 Å². The lowest BCUT2D eigenvalue weighted by molar-refractivity contribution is -0.233. The summed E-state index contributed by atoms with van der Waals surface area (Å²) in [5.41, 5.74) is 0. The Kier molecular flexibility index (Phi) is 27.5. The number of rotatable bonds is 30. The third-order valence-electron chi connectivity index (χ3n) is 7.21. The zero-order valence-electron chi connectivity index (χ0n) is 27.0. The average Bonchev–Trinajstić information content (AvgIpc) is 2.91. The molecule has 0 aromatic rings.